The topological polar surface area (TPSA) is 57.5 Å². The van der Waals surface area contributed by atoms with Crippen LogP contribution in [-0.2, 0) is 15.8 Å². The summed E-state index contributed by atoms with van der Waals surface area (Å²) in [7, 11) is -0.679. The first-order valence-electron chi connectivity index (χ1n) is 9.03. The summed E-state index contributed by atoms with van der Waals surface area (Å²) < 4.78 is 12.7. The van der Waals surface area contributed by atoms with E-state index in [4.69, 9.17) is 9.16 Å². The third kappa shape index (κ3) is 4.39. The van der Waals surface area contributed by atoms with Crippen LogP contribution in [0.3, 0.4) is 0 Å². The molecule has 0 saturated carbocycles. The van der Waals surface area contributed by atoms with Gasteiger partial charge in [0.1, 0.15) is 5.69 Å². The van der Waals surface area contributed by atoms with Crippen LogP contribution < -0.4 is 0 Å². The van der Waals surface area contributed by atoms with E-state index in [2.05, 4.69) is 33.9 Å². The van der Waals surface area contributed by atoms with Crippen molar-refractivity contribution in [1.82, 2.24) is 4.57 Å². The SMILES string of the molecule is COC(=O)c1cc(CO[Si](C)(C)C(C)(C)C)c(-c2ccccc2)n1C(C)=O. The fraction of sp³-hybridized carbons (Fsp3) is 0.429. The number of nitrogens with zero attached hydrogens (tertiary/aromatic N) is 1. The highest BCUT2D eigenvalue weighted by Crippen LogP contribution is 2.38. The van der Waals surface area contributed by atoms with Crippen molar-refractivity contribution in [2.45, 2.75) is 52.4 Å². The third-order valence-corrected chi connectivity index (χ3v) is 9.71. The van der Waals surface area contributed by atoms with Crippen LogP contribution in [0.4, 0.5) is 0 Å². The Morgan fingerprint density at radius 2 is 1.70 bits per heavy atom. The maximum Gasteiger partial charge on any atom is 0.355 e. The quantitative estimate of drug-likeness (QED) is 0.527. The lowest BCUT2D eigenvalue weighted by Crippen LogP contribution is -2.40. The van der Waals surface area contributed by atoms with Crippen molar-refractivity contribution in [2.24, 2.45) is 0 Å². The largest absolute Gasteiger partial charge is 0.464 e. The van der Waals surface area contributed by atoms with Gasteiger partial charge in [0.15, 0.2) is 8.32 Å². The first kappa shape index (κ1) is 21.1. The summed E-state index contributed by atoms with van der Waals surface area (Å²) in [5.74, 6) is -0.784. The van der Waals surface area contributed by atoms with E-state index in [-0.39, 0.29) is 16.6 Å². The minimum absolute atomic E-state index is 0.0637. The number of methoxy groups -OCH3 is 1. The molecular formula is C21H29NO4Si. The zero-order chi connectivity index (χ0) is 20.4. The number of carbonyl (C=O) groups excluding carboxylic acids is 2. The number of benzene rings is 1. The smallest absolute Gasteiger partial charge is 0.355 e. The molecule has 0 fully saturated rings. The number of carbonyl (C=O) groups is 2. The second-order valence-electron chi connectivity index (χ2n) is 8.16. The van der Waals surface area contributed by atoms with Crippen molar-refractivity contribution in [2.75, 3.05) is 7.11 Å². The van der Waals surface area contributed by atoms with Gasteiger partial charge in [-0.15, -0.1) is 0 Å². The molecule has 27 heavy (non-hydrogen) atoms. The minimum atomic E-state index is -1.99. The lowest BCUT2D eigenvalue weighted by atomic mass is 10.1. The fourth-order valence-electron chi connectivity index (χ4n) is 2.64. The van der Waals surface area contributed by atoms with Gasteiger partial charge in [0, 0.05) is 12.5 Å². The molecule has 0 spiro atoms. The molecule has 0 atom stereocenters. The maximum absolute atomic E-state index is 12.4. The summed E-state index contributed by atoms with van der Waals surface area (Å²) in [5, 5.41) is 0.0637. The van der Waals surface area contributed by atoms with E-state index in [9.17, 15) is 9.59 Å². The molecule has 0 N–H and O–H groups in total. The molecule has 2 aromatic rings. The number of ether oxygens (including phenoxy) is 1. The Bertz CT molecular complexity index is 832. The number of aromatic nitrogens is 1. The van der Waals surface area contributed by atoms with E-state index >= 15 is 0 Å². The van der Waals surface area contributed by atoms with Crippen LogP contribution in [0, 0.1) is 0 Å². The standard InChI is InChI=1S/C21H29NO4Si/c1-15(23)22-18(20(24)25-5)13-17(14-26-27(6,7)21(2,3)4)19(22)16-11-9-8-10-12-16/h8-13H,14H2,1-7H3. The zero-order valence-electron chi connectivity index (χ0n) is 17.3. The number of hydrogen-bond donors (Lipinski definition) is 0. The van der Waals surface area contributed by atoms with Crippen molar-refractivity contribution < 1.29 is 18.8 Å². The van der Waals surface area contributed by atoms with Gasteiger partial charge < -0.3 is 9.16 Å². The van der Waals surface area contributed by atoms with Crippen LogP contribution in [-0.4, -0.2) is 31.9 Å². The van der Waals surface area contributed by atoms with Crippen molar-refractivity contribution in [3.63, 3.8) is 0 Å². The normalized spacial score (nSPS) is 12.1. The molecule has 0 aliphatic rings. The van der Waals surface area contributed by atoms with E-state index in [0.29, 0.717) is 12.3 Å². The molecule has 1 heterocycles. The molecule has 5 nitrogen and oxygen atoms in total. The minimum Gasteiger partial charge on any atom is -0.464 e. The summed E-state index contributed by atoms with van der Waals surface area (Å²) in [6.45, 7) is 12.7. The molecule has 1 aromatic heterocycles. The summed E-state index contributed by atoms with van der Waals surface area (Å²) in [6.07, 6.45) is 0. The predicted octanol–water partition coefficient (Wildman–Crippen LogP) is 5.12. The zero-order valence-corrected chi connectivity index (χ0v) is 18.3. The van der Waals surface area contributed by atoms with Crippen LogP contribution in [0.5, 0.6) is 0 Å². The molecule has 0 bridgehead atoms. The molecule has 0 aliphatic heterocycles. The predicted molar refractivity (Wildman–Crippen MR) is 109 cm³/mol. The fourth-order valence-corrected chi connectivity index (χ4v) is 3.59. The van der Waals surface area contributed by atoms with Crippen molar-refractivity contribution in [3.05, 3.63) is 47.7 Å². The second kappa shape index (κ2) is 7.82. The summed E-state index contributed by atoms with van der Waals surface area (Å²) in [6, 6.07) is 11.3. The van der Waals surface area contributed by atoms with Crippen molar-refractivity contribution in [1.29, 1.82) is 0 Å². The molecule has 0 saturated heterocycles. The molecule has 1 aromatic carbocycles. The Morgan fingerprint density at radius 3 is 2.19 bits per heavy atom. The second-order valence-corrected chi connectivity index (χ2v) is 13.0. The molecule has 0 aliphatic carbocycles. The Kier molecular flexibility index (Phi) is 6.12. The van der Waals surface area contributed by atoms with Crippen LogP contribution in [0.25, 0.3) is 11.3 Å². The Labute approximate surface area is 162 Å². The maximum atomic E-state index is 12.4. The molecule has 0 radical (unpaired) electrons. The molecule has 0 unspecified atom stereocenters. The van der Waals surface area contributed by atoms with Gasteiger partial charge in [-0.2, -0.15) is 0 Å². The van der Waals surface area contributed by atoms with E-state index in [1.165, 1.54) is 18.6 Å². The lowest BCUT2D eigenvalue weighted by molar-refractivity contribution is 0.0582. The van der Waals surface area contributed by atoms with Crippen molar-refractivity contribution >= 4 is 20.2 Å². The molecule has 2 rings (SSSR count). The summed E-state index contributed by atoms with van der Waals surface area (Å²) >= 11 is 0. The molecular weight excluding hydrogens is 358 g/mol. The van der Waals surface area contributed by atoms with Crippen LogP contribution in [0.15, 0.2) is 36.4 Å². The van der Waals surface area contributed by atoms with Gasteiger partial charge in [0.2, 0.25) is 5.91 Å². The highest BCUT2D eigenvalue weighted by molar-refractivity contribution is 6.74. The first-order chi connectivity index (χ1) is 12.5. The van der Waals surface area contributed by atoms with Gasteiger partial charge in [-0.3, -0.25) is 9.36 Å². The van der Waals surface area contributed by atoms with Crippen molar-refractivity contribution in [3.8, 4) is 11.3 Å². The number of hydrogen-bond acceptors (Lipinski definition) is 4. The number of rotatable bonds is 5. The van der Waals surface area contributed by atoms with Gasteiger partial charge in [-0.25, -0.2) is 4.79 Å². The Balaban J connectivity index is 2.59. The van der Waals surface area contributed by atoms with Gasteiger partial charge >= 0.3 is 5.97 Å². The van der Waals surface area contributed by atoms with Gasteiger partial charge in [0.25, 0.3) is 0 Å². The van der Waals surface area contributed by atoms with Crippen LogP contribution in [0.2, 0.25) is 18.1 Å². The first-order valence-corrected chi connectivity index (χ1v) is 11.9. The van der Waals surface area contributed by atoms with Gasteiger partial charge in [-0.1, -0.05) is 51.1 Å². The molecule has 0 amide bonds. The molecule has 146 valence electrons. The van der Waals surface area contributed by atoms with E-state index < -0.39 is 14.3 Å². The lowest BCUT2D eigenvalue weighted by Gasteiger charge is -2.36. The van der Waals surface area contributed by atoms with Crippen LogP contribution >= 0.6 is 0 Å². The average Bonchev–Trinajstić information content (AvgIpc) is 2.99. The Morgan fingerprint density at radius 1 is 1.11 bits per heavy atom. The summed E-state index contributed by atoms with van der Waals surface area (Å²) in [5.41, 5.74) is 2.57. The highest BCUT2D eigenvalue weighted by atomic mass is 28.4. The van der Waals surface area contributed by atoms with Gasteiger partial charge in [-0.05, 0) is 29.8 Å². The monoisotopic (exact) mass is 387 g/mol. The van der Waals surface area contributed by atoms with E-state index in [1.807, 2.05) is 30.3 Å². The summed E-state index contributed by atoms with van der Waals surface area (Å²) in [4.78, 5) is 24.6. The highest BCUT2D eigenvalue weighted by Gasteiger charge is 2.37. The van der Waals surface area contributed by atoms with E-state index in [1.54, 1.807) is 6.07 Å². The average molecular weight is 388 g/mol. The number of esters is 1. The molecule has 6 heteroatoms. The van der Waals surface area contributed by atoms with E-state index in [0.717, 1.165) is 11.1 Å². The Hall–Kier alpha value is -2.18. The van der Waals surface area contributed by atoms with Gasteiger partial charge in [0.05, 0.1) is 19.4 Å². The van der Waals surface area contributed by atoms with Crippen LogP contribution in [0.1, 0.15) is 48.5 Å². The third-order valence-electron chi connectivity index (χ3n) is 5.23.